The molecule has 12 heavy (non-hydrogen) atoms. The number of hydrogen-bond acceptors (Lipinski definition) is 5. The lowest BCUT2D eigenvalue weighted by atomic mass is 10.0. The third kappa shape index (κ3) is 1.60. The summed E-state index contributed by atoms with van der Waals surface area (Å²) >= 11 is 0. The molecule has 1 aliphatic heterocycles. The molecule has 72 valence electrons. The fraction of sp³-hybridized carbons (Fsp3) is 1.00. The molecule has 0 aromatic rings. The van der Waals surface area contributed by atoms with Crippen molar-refractivity contribution in [1.29, 1.82) is 0 Å². The van der Waals surface area contributed by atoms with E-state index >= 15 is 0 Å². The van der Waals surface area contributed by atoms with Gasteiger partial charge in [-0.2, -0.15) is 0 Å². The third-order valence-electron chi connectivity index (χ3n) is 2.04. The van der Waals surface area contributed by atoms with E-state index < -0.39 is 30.7 Å². The number of rotatable bonds is 1. The van der Waals surface area contributed by atoms with E-state index in [4.69, 9.17) is 9.47 Å². The molecule has 0 aliphatic carbocycles. The molecule has 5 nitrogen and oxygen atoms in total. The van der Waals surface area contributed by atoms with Crippen LogP contribution in [0.25, 0.3) is 0 Å². The minimum Gasteiger partial charge on any atom is -0.388 e. The summed E-state index contributed by atoms with van der Waals surface area (Å²) in [6, 6.07) is 0. The molecule has 2 unspecified atom stereocenters. The Morgan fingerprint density at radius 3 is 2.17 bits per heavy atom. The summed E-state index contributed by atoms with van der Waals surface area (Å²) in [5, 5.41) is 27.8. The first kappa shape index (κ1) is 9.88. The molecule has 1 fully saturated rings. The van der Waals surface area contributed by atoms with Gasteiger partial charge in [0.1, 0.15) is 18.3 Å². The lowest BCUT2D eigenvalue weighted by Crippen LogP contribution is -2.57. The first-order valence-corrected chi connectivity index (χ1v) is 3.80. The van der Waals surface area contributed by atoms with Gasteiger partial charge < -0.3 is 24.8 Å². The summed E-state index contributed by atoms with van der Waals surface area (Å²) in [6.45, 7) is 1.60. The van der Waals surface area contributed by atoms with Gasteiger partial charge in [0.05, 0.1) is 6.10 Å². The fourth-order valence-corrected chi connectivity index (χ4v) is 1.21. The molecule has 0 aromatic heterocycles. The van der Waals surface area contributed by atoms with Crippen molar-refractivity contribution in [2.24, 2.45) is 0 Å². The first-order chi connectivity index (χ1) is 5.57. The molecule has 1 rings (SSSR count). The van der Waals surface area contributed by atoms with E-state index in [-0.39, 0.29) is 0 Å². The van der Waals surface area contributed by atoms with Crippen molar-refractivity contribution in [1.82, 2.24) is 0 Å². The Morgan fingerprint density at radius 1 is 1.08 bits per heavy atom. The van der Waals surface area contributed by atoms with Gasteiger partial charge in [-0.3, -0.25) is 0 Å². The standard InChI is InChI=1S/C7H14O5/c1-3-4(8)5(9)6(10)7(11-2)12-3/h3-10H,1-2H3/t3?,4-,5-,6?,7+/m1/s1. The van der Waals surface area contributed by atoms with E-state index in [1.807, 2.05) is 0 Å². The molecule has 1 saturated heterocycles. The summed E-state index contributed by atoms with van der Waals surface area (Å²) in [7, 11) is 1.37. The lowest BCUT2D eigenvalue weighted by Gasteiger charge is -2.38. The van der Waals surface area contributed by atoms with E-state index in [0.717, 1.165) is 0 Å². The maximum absolute atomic E-state index is 9.27. The van der Waals surface area contributed by atoms with Gasteiger partial charge >= 0.3 is 0 Å². The van der Waals surface area contributed by atoms with Gasteiger partial charge in [0.2, 0.25) is 0 Å². The number of hydrogen-bond donors (Lipinski definition) is 3. The van der Waals surface area contributed by atoms with Crippen LogP contribution in [0.1, 0.15) is 6.92 Å². The van der Waals surface area contributed by atoms with Gasteiger partial charge in [-0.05, 0) is 6.92 Å². The zero-order valence-electron chi connectivity index (χ0n) is 7.04. The summed E-state index contributed by atoms with van der Waals surface area (Å²) in [4.78, 5) is 0. The van der Waals surface area contributed by atoms with Gasteiger partial charge in [0.15, 0.2) is 6.29 Å². The number of aliphatic hydroxyl groups is 3. The van der Waals surface area contributed by atoms with Crippen molar-refractivity contribution in [3.05, 3.63) is 0 Å². The smallest absolute Gasteiger partial charge is 0.186 e. The van der Waals surface area contributed by atoms with Crippen LogP contribution in [0.3, 0.4) is 0 Å². The molecule has 5 atom stereocenters. The highest BCUT2D eigenvalue weighted by Gasteiger charge is 2.41. The maximum Gasteiger partial charge on any atom is 0.186 e. The minimum atomic E-state index is -1.21. The molecule has 0 saturated carbocycles. The van der Waals surface area contributed by atoms with Crippen molar-refractivity contribution in [2.45, 2.75) is 37.6 Å². The summed E-state index contributed by atoms with van der Waals surface area (Å²) in [6.07, 6.45) is -4.86. The summed E-state index contributed by atoms with van der Waals surface area (Å²) in [5.74, 6) is 0. The maximum atomic E-state index is 9.27. The van der Waals surface area contributed by atoms with Crippen LogP contribution >= 0.6 is 0 Å². The zero-order valence-corrected chi connectivity index (χ0v) is 7.04. The lowest BCUT2D eigenvalue weighted by molar-refractivity contribution is -0.286. The van der Waals surface area contributed by atoms with Gasteiger partial charge in [0, 0.05) is 7.11 Å². The Balaban J connectivity index is 2.63. The van der Waals surface area contributed by atoms with Crippen molar-refractivity contribution >= 4 is 0 Å². The molecule has 0 spiro atoms. The van der Waals surface area contributed by atoms with Crippen molar-refractivity contribution in [3.8, 4) is 0 Å². The predicted molar refractivity (Wildman–Crippen MR) is 39.4 cm³/mol. The van der Waals surface area contributed by atoms with Crippen LogP contribution in [0, 0.1) is 0 Å². The first-order valence-electron chi connectivity index (χ1n) is 3.80. The van der Waals surface area contributed by atoms with Gasteiger partial charge in [0.25, 0.3) is 0 Å². The quantitative estimate of drug-likeness (QED) is 0.453. The summed E-state index contributed by atoms with van der Waals surface area (Å²) < 4.78 is 9.80. The Hall–Kier alpha value is -0.200. The van der Waals surface area contributed by atoms with Crippen LogP contribution in [0.15, 0.2) is 0 Å². The molecule has 0 radical (unpaired) electrons. The predicted octanol–water partition coefficient (Wildman–Crippen LogP) is -1.54. The van der Waals surface area contributed by atoms with Crippen LogP contribution in [0.5, 0.6) is 0 Å². The van der Waals surface area contributed by atoms with E-state index in [0.29, 0.717) is 0 Å². The third-order valence-corrected chi connectivity index (χ3v) is 2.04. The van der Waals surface area contributed by atoms with Gasteiger partial charge in [-0.15, -0.1) is 0 Å². The van der Waals surface area contributed by atoms with Crippen molar-refractivity contribution in [2.75, 3.05) is 7.11 Å². The molecule has 5 heteroatoms. The zero-order chi connectivity index (χ0) is 9.30. The molecule has 0 amide bonds. The SMILES string of the molecule is CO[C@H]1OC(C)[C@@H](O)[C@@H](O)C1O. The van der Waals surface area contributed by atoms with Crippen LogP contribution in [-0.2, 0) is 9.47 Å². The second-order valence-corrected chi connectivity index (χ2v) is 2.92. The van der Waals surface area contributed by atoms with E-state index in [9.17, 15) is 15.3 Å². The van der Waals surface area contributed by atoms with Crippen LogP contribution in [0.4, 0.5) is 0 Å². The monoisotopic (exact) mass is 178 g/mol. The number of methoxy groups -OCH3 is 1. The molecule has 0 aromatic carbocycles. The van der Waals surface area contributed by atoms with Crippen molar-refractivity contribution in [3.63, 3.8) is 0 Å². The number of ether oxygens (including phenoxy) is 2. The molecule has 1 aliphatic rings. The van der Waals surface area contributed by atoms with Gasteiger partial charge in [-0.25, -0.2) is 0 Å². The van der Waals surface area contributed by atoms with Crippen LogP contribution < -0.4 is 0 Å². The van der Waals surface area contributed by atoms with Crippen LogP contribution in [-0.4, -0.2) is 53.1 Å². The Morgan fingerprint density at radius 2 is 1.67 bits per heavy atom. The van der Waals surface area contributed by atoms with Crippen LogP contribution in [0.2, 0.25) is 0 Å². The molecule has 3 N–H and O–H groups in total. The molecular formula is C7H14O5. The molecule has 1 heterocycles. The average molecular weight is 178 g/mol. The second kappa shape index (κ2) is 3.68. The average Bonchev–Trinajstić information content (AvgIpc) is 2.08. The fourth-order valence-electron chi connectivity index (χ4n) is 1.21. The second-order valence-electron chi connectivity index (χ2n) is 2.92. The van der Waals surface area contributed by atoms with Crippen molar-refractivity contribution < 1.29 is 24.8 Å². The van der Waals surface area contributed by atoms with Gasteiger partial charge in [-0.1, -0.05) is 0 Å². The highest BCUT2D eigenvalue weighted by Crippen LogP contribution is 2.20. The largest absolute Gasteiger partial charge is 0.388 e. The molecular weight excluding hydrogens is 164 g/mol. The minimum absolute atomic E-state index is 0.534. The highest BCUT2D eigenvalue weighted by molar-refractivity contribution is 4.86. The Bertz CT molecular complexity index is 146. The molecule has 0 bridgehead atoms. The Labute approximate surface area is 70.5 Å². The topological polar surface area (TPSA) is 79.2 Å². The Kier molecular flexibility index (Phi) is 3.03. The highest BCUT2D eigenvalue weighted by atomic mass is 16.7. The number of aliphatic hydroxyl groups excluding tert-OH is 3. The summed E-state index contributed by atoms with van der Waals surface area (Å²) in [5.41, 5.74) is 0. The normalized spacial score (nSPS) is 49.2. The van der Waals surface area contributed by atoms with E-state index in [1.54, 1.807) is 6.92 Å². The van der Waals surface area contributed by atoms with E-state index in [2.05, 4.69) is 0 Å². The van der Waals surface area contributed by atoms with E-state index in [1.165, 1.54) is 7.11 Å².